The van der Waals surface area contributed by atoms with Crippen LogP contribution in [0.4, 0.5) is 0 Å². The van der Waals surface area contributed by atoms with E-state index in [9.17, 15) is 0 Å². The number of nitrogens with zero attached hydrogens (tertiary/aromatic N) is 1. The summed E-state index contributed by atoms with van der Waals surface area (Å²) in [5, 5.41) is 9.15. The molecule has 3 heteroatoms. The molecule has 0 bridgehead atoms. The van der Waals surface area contributed by atoms with Gasteiger partial charge in [0.05, 0.1) is 6.10 Å². The zero-order chi connectivity index (χ0) is 8.27. The molecule has 1 rings (SSSR count). The minimum Gasteiger partial charge on any atom is -0.389 e. The van der Waals surface area contributed by atoms with Crippen LogP contribution in [0.2, 0.25) is 0 Å². The number of aliphatic hydroxyl groups is 1. The highest BCUT2D eigenvalue weighted by Gasteiger charge is 2.02. The van der Waals surface area contributed by atoms with E-state index in [0.717, 1.165) is 11.1 Å². The summed E-state index contributed by atoms with van der Waals surface area (Å²) >= 11 is 0. The van der Waals surface area contributed by atoms with Crippen molar-refractivity contribution in [2.45, 2.75) is 13.0 Å². The quantitative estimate of drug-likeness (QED) is 0.843. The molecule has 0 aliphatic heterocycles. The number of aliphatic hydroxyl groups excluding tert-OH is 1. The summed E-state index contributed by atoms with van der Waals surface area (Å²) in [7, 11) is 0. The zero-order valence-corrected chi connectivity index (χ0v) is 8.61. The largest absolute Gasteiger partial charge is 0.389 e. The summed E-state index contributed by atoms with van der Waals surface area (Å²) in [5.74, 6) is 0. The van der Waals surface area contributed by atoms with Gasteiger partial charge in [-0.05, 0) is 30.2 Å². The summed E-state index contributed by atoms with van der Waals surface area (Å²) in [5.41, 5.74) is 1.67. The van der Waals surface area contributed by atoms with Crippen molar-refractivity contribution in [3.8, 4) is 0 Å². The second-order valence-corrected chi connectivity index (χ2v) is 2.44. The van der Waals surface area contributed by atoms with Crippen LogP contribution in [0.1, 0.15) is 12.5 Å². The monoisotopic (exact) mass is 229 g/mol. The fourth-order valence-electron chi connectivity index (χ4n) is 0.807. The Morgan fingerprint density at radius 2 is 2.00 bits per heavy atom. The molecule has 1 aromatic heterocycles. The van der Waals surface area contributed by atoms with Crippen molar-refractivity contribution < 1.29 is 5.11 Å². The fourth-order valence-corrected chi connectivity index (χ4v) is 0.807. The first-order valence-electron chi connectivity index (χ1n) is 3.49. The highest BCUT2D eigenvalue weighted by atomic mass is 79.9. The van der Waals surface area contributed by atoms with Gasteiger partial charge in [0.15, 0.2) is 0 Å². The highest BCUT2D eigenvalue weighted by molar-refractivity contribution is 8.93. The van der Waals surface area contributed by atoms with Crippen LogP contribution >= 0.6 is 17.0 Å². The first kappa shape index (κ1) is 11.3. The molecular formula is C9H12BrNO. The maximum Gasteiger partial charge on any atom is 0.0762 e. The Morgan fingerprint density at radius 3 is 2.42 bits per heavy atom. The molecule has 1 atom stereocenters. The van der Waals surface area contributed by atoms with Gasteiger partial charge in [-0.15, -0.1) is 17.0 Å². The van der Waals surface area contributed by atoms with Crippen LogP contribution in [0, 0.1) is 0 Å². The summed E-state index contributed by atoms with van der Waals surface area (Å²) in [6.07, 6.45) is 2.88. The van der Waals surface area contributed by atoms with E-state index in [-0.39, 0.29) is 17.0 Å². The van der Waals surface area contributed by atoms with Crippen molar-refractivity contribution in [1.29, 1.82) is 0 Å². The maximum atomic E-state index is 9.15. The van der Waals surface area contributed by atoms with Crippen molar-refractivity contribution in [2.24, 2.45) is 0 Å². The lowest BCUT2D eigenvalue weighted by atomic mass is 10.1. The molecule has 0 fully saturated rings. The number of hydrogen-bond donors (Lipinski definition) is 1. The van der Waals surface area contributed by atoms with E-state index in [1.54, 1.807) is 19.3 Å². The highest BCUT2D eigenvalue weighted by Crippen LogP contribution is 2.13. The van der Waals surface area contributed by atoms with Gasteiger partial charge in [0.2, 0.25) is 0 Å². The molecule has 2 nitrogen and oxygen atoms in total. The molecule has 1 unspecified atom stereocenters. The van der Waals surface area contributed by atoms with Crippen molar-refractivity contribution in [2.75, 3.05) is 0 Å². The molecule has 66 valence electrons. The molecule has 0 radical (unpaired) electrons. The molecule has 12 heavy (non-hydrogen) atoms. The van der Waals surface area contributed by atoms with Gasteiger partial charge in [-0.25, -0.2) is 0 Å². The van der Waals surface area contributed by atoms with Crippen LogP contribution in [0.25, 0.3) is 5.57 Å². The van der Waals surface area contributed by atoms with Crippen LogP contribution in [-0.4, -0.2) is 16.2 Å². The third kappa shape index (κ3) is 2.75. The lowest BCUT2D eigenvalue weighted by Crippen LogP contribution is -2.01. The van der Waals surface area contributed by atoms with Gasteiger partial charge in [0.25, 0.3) is 0 Å². The molecule has 0 amide bonds. The second kappa shape index (κ2) is 5.06. The SMILES string of the molecule is Br.C=C(c1ccncc1)C(C)O. The van der Waals surface area contributed by atoms with Gasteiger partial charge in [0, 0.05) is 12.4 Å². The predicted molar refractivity (Wildman–Crippen MR) is 55.3 cm³/mol. The van der Waals surface area contributed by atoms with Crippen LogP contribution < -0.4 is 0 Å². The van der Waals surface area contributed by atoms with Gasteiger partial charge >= 0.3 is 0 Å². The number of halogens is 1. The number of hydrogen-bond acceptors (Lipinski definition) is 2. The van der Waals surface area contributed by atoms with Crippen molar-refractivity contribution >= 4 is 22.6 Å². The number of rotatable bonds is 2. The van der Waals surface area contributed by atoms with Crippen LogP contribution in [0.15, 0.2) is 31.1 Å². The first-order valence-corrected chi connectivity index (χ1v) is 3.49. The molecule has 0 aliphatic rings. The zero-order valence-electron chi connectivity index (χ0n) is 6.90. The lowest BCUT2D eigenvalue weighted by molar-refractivity contribution is 0.253. The molecule has 0 aromatic carbocycles. The van der Waals surface area contributed by atoms with Gasteiger partial charge in [-0.2, -0.15) is 0 Å². The molecule has 0 saturated heterocycles. The van der Waals surface area contributed by atoms with Crippen molar-refractivity contribution in [3.05, 3.63) is 36.7 Å². The van der Waals surface area contributed by atoms with E-state index in [1.165, 1.54) is 0 Å². The third-order valence-corrected chi connectivity index (χ3v) is 1.56. The van der Waals surface area contributed by atoms with Crippen LogP contribution in [0.5, 0.6) is 0 Å². The molecule has 0 saturated carbocycles. The first-order chi connectivity index (χ1) is 5.22. The molecule has 1 N–H and O–H groups in total. The van der Waals surface area contributed by atoms with Crippen LogP contribution in [0.3, 0.4) is 0 Å². The van der Waals surface area contributed by atoms with E-state index in [4.69, 9.17) is 5.11 Å². The Morgan fingerprint density at radius 1 is 1.50 bits per heavy atom. The summed E-state index contributed by atoms with van der Waals surface area (Å²) in [4.78, 5) is 3.86. The van der Waals surface area contributed by atoms with Gasteiger partial charge in [0.1, 0.15) is 0 Å². The topological polar surface area (TPSA) is 33.1 Å². The van der Waals surface area contributed by atoms with Gasteiger partial charge < -0.3 is 5.11 Å². The minimum atomic E-state index is -0.489. The van der Waals surface area contributed by atoms with E-state index in [2.05, 4.69) is 11.6 Å². The minimum absolute atomic E-state index is 0. The summed E-state index contributed by atoms with van der Waals surface area (Å²) < 4.78 is 0. The maximum absolute atomic E-state index is 9.15. The molecule has 1 aromatic rings. The average Bonchev–Trinajstić information content (AvgIpc) is 2.05. The van der Waals surface area contributed by atoms with Crippen molar-refractivity contribution in [3.63, 3.8) is 0 Å². The lowest BCUT2D eigenvalue weighted by Gasteiger charge is -2.07. The summed E-state index contributed by atoms with van der Waals surface area (Å²) in [6, 6.07) is 3.66. The normalized spacial score (nSPS) is 11.5. The van der Waals surface area contributed by atoms with Crippen molar-refractivity contribution in [1.82, 2.24) is 4.98 Å². The van der Waals surface area contributed by atoms with Crippen LogP contribution in [-0.2, 0) is 0 Å². The standard InChI is InChI=1S/C9H11NO.BrH/c1-7(8(2)11)9-3-5-10-6-4-9;/h3-6,8,11H,1H2,2H3;1H. The average molecular weight is 230 g/mol. The number of aromatic nitrogens is 1. The Kier molecular flexibility index (Phi) is 4.78. The molecule has 1 heterocycles. The Labute approximate surface area is 82.7 Å². The summed E-state index contributed by atoms with van der Waals surface area (Å²) in [6.45, 7) is 5.44. The Bertz CT molecular complexity index is 246. The van der Waals surface area contributed by atoms with Gasteiger partial charge in [-0.3, -0.25) is 4.98 Å². The second-order valence-electron chi connectivity index (χ2n) is 2.44. The van der Waals surface area contributed by atoms with E-state index in [0.29, 0.717) is 0 Å². The number of pyridine rings is 1. The van der Waals surface area contributed by atoms with E-state index < -0.39 is 6.10 Å². The predicted octanol–water partition coefficient (Wildman–Crippen LogP) is 2.05. The third-order valence-electron chi connectivity index (χ3n) is 1.56. The van der Waals surface area contributed by atoms with E-state index in [1.807, 2.05) is 12.1 Å². The molecule has 0 spiro atoms. The van der Waals surface area contributed by atoms with Gasteiger partial charge in [-0.1, -0.05) is 6.58 Å². The Balaban J connectivity index is 0.00000121. The fraction of sp³-hybridized carbons (Fsp3) is 0.222. The molecular weight excluding hydrogens is 218 g/mol. The molecule has 0 aliphatic carbocycles. The Hall–Kier alpha value is -0.670. The van der Waals surface area contributed by atoms with E-state index >= 15 is 0 Å². The smallest absolute Gasteiger partial charge is 0.0762 e.